The normalized spacial score (nSPS) is 12.4. The van der Waals surface area contributed by atoms with Gasteiger partial charge < -0.3 is 10.1 Å². The number of ether oxygens (including phenoxy) is 1. The molecule has 0 aliphatic carbocycles. The lowest BCUT2D eigenvalue weighted by molar-refractivity contribution is 0.293. The SMILES string of the molecule is CCCCCCOc1ccc(C(C)NCC)cn1. The fourth-order valence-corrected chi connectivity index (χ4v) is 1.86. The Bertz CT molecular complexity index is 311. The van der Waals surface area contributed by atoms with E-state index in [-0.39, 0.29) is 0 Å². The predicted octanol–water partition coefficient (Wildman–Crippen LogP) is 3.71. The van der Waals surface area contributed by atoms with Crippen LogP contribution in [0, 0.1) is 0 Å². The molecule has 0 amide bonds. The van der Waals surface area contributed by atoms with E-state index in [4.69, 9.17) is 4.74 Å². The van der Waals surface area contributed by atoms with Crippen molar-refractivity contribution in [3.8, 4) is 5.88 Å². The van der Waals surface area contributed by atoms with Gasteiger partial charge in [-0.3, -0.25) is 0 Å². The third-order valence-electron chi connectivity index (χ3n) is 3.02. The minimum absolute atomic E-state index is 0.348. The van der Waals surface area contributed by atoms with Crippen molar-refractivity contribution < 1.29 is 4.74 Å². The van der Waals surface area contributed by atoms with Gasteiger partial charge in [-0.1, -0.05) is 39.2 Å². The van der Waals surface area contributed by atoms with Crippen LogP contribution in [0.2, 0.25) is 0 Å². The minimum atomic E-state index is 0.348. The zero-order chi connectivity index (χ0) is 13.2. The first-order valence-corrected chi connectivity index (χ1v) is 7.10. The Balaban J connectivity index is 2.31. The molecule has 0 aliphatic heterocycles. The van der Waals surface area contributed by atoms with Crippen molar-refractivity contribution in [3.05, 3.63) is 23.9 Å². The predicted molar refractivity (Wildman–Crippen MR) is 76.0 cm³/mol. The first kappa shape index (κ1) is 15.0. The summed E-state index contributed by atoms with van der Waals surface area (Å²) in [7, 11) is 0. The van der Waals surface area contributed by atoms with Gasteiger partial charge >= 0.3 is 0 Å². The molecule has 1 heterocycles. The van der Waals surface area contributed by atoms with Crippen molar-refractivity contribution in [1.82, 2.24) is 10.3 Å². The van der Waals surface area contributed by atoms with Gasteiger partial charge in [0.15, 0.2) is 0 Å². The van der Waals surface area contributed by atoms with Gasteiger partial charge in [-0.2, -0.15) is 0 Å². The summed E-state index contributed by atoms with van der Waals surface area (Å²) in [5.41, 5.74) is 1.20. The highest BCUT2D eigenvalue weighted by atomic mass is 16.5. The van der Waals surface area contributed by atoms with Crippen molar-refractivity contribution in [2.75, 3.05) is 13.2 Å². The van der Waals surface area contributed by atoms with Crippen LogP contribution in [0.1, 0.15) is 58.1 Å². The summed E-state index contributed by atoms with van der Waals surface area (Å²) in [6.45, 7) is 8.21. The summed E-state index contributed by atoms with van der Waals surface area (Å²) in [5, 5.41) is 3.37. The number of rotatable bonds is 9. The number of hydrogen-bond acceptors (Lipinski definition) is 3. The van der Waals surface area contributed by atoms with Gasteiger partial charge in [0.25, 0.3) is 0 Å². The van der Waals surface area contributed by atoms with E-state index in [1.165, 1.54) is 24.8 Å². The number of aromatic nitrogens is 1. The molecule has 0 saturated heterocycles. The highest BCUT2D eigenvalue weighted by Gasteiger charge is 2.04. The Morgan fingerprint density at radius 2 is 2.06 bits per heavy atom. The highest BCUT2D eigenvalue weighted by molar-refractivity contribution is 5.20. The number of unbranched alkanes of at least 4 members (excludes halogenated alkanes) is 3. The summed E-state index contributed by atoms with van der Waals surface area (Å²) >= 11 is 0. The molecule has 0 spiro atoms. The molecule has 3 heteroatoms. The van der Waals surface area contributed by atoms with E-state index in [2.05, 4.69) is 37.1 Å². The Morgan fingerprint density at radius 1 is 1.22 bits per heavy atom. The molecule has 1 aromatic rings. The second-order valence-corrected chi connectivity index (χ2v) is 4.62. The van der Waals surface area contributed by atoms with E-state index in [0.717, 1.165) is 25.5 Å². The minimum Gasteiger partial charge on any atom is -0.478 e. The van der Waals surface area contributed by atoms with Crippen molar-refractivity contribution in [2.24, 2.45) is 0 Å². The molecule has 1 rings (SSSR count). The monoisotopic (exact) mass is 250 g/mol. The van der Waals surface area contributed by atoms with E-state index >= 15 is 0 Å². The molecule has 0 saturated carbocycles. The molecule has 1 N–H and O–H groups in total. The largest absolute Gasteiger partial charge is 0.478 e. The standard InChI is InChI=1S/C15H26N2O/c1-4-6-7-8-11-18-15-10-9-14(12-17-15)13(3)16-5-2/h9-10,12-13,16H,4-8,11H2,1-3H3. The van der Waals surface area contributed by atoms with Crippen LogP contribution in [-0.4, -0.2) is 18.1 Å². The Hall–Kier alpha value is -1.09. The summed E-state index contributed by atoms with van der Waals surface area (Å²) in [4.78, 5) is 4.34. The molecule has 0 fully saturated rings. The first-order chi connectivity index (χ1) is 8.77. The van der Waals surface area contributed by atoms with Crippen LogP contribution in [0.5, 0.6) is 5.88 Å². The molecule has 1 atom stereocenters. The molecular weight excluding hydrogens is 224 g/mol. The van der Waals surface area contributed by atoms with Crippen LogP contribution < -0.4 is 10.1 Å². The first-order valence-electron chi connectivity index (χ1n) is 7.10. The zero-order valence-electron chi connectivity index (χ0n) is 11.9. The summed E-state index contributed by atoms with van der Waals surface area (Å²) < 4.78 is 5.62. The van der Waals surface area contributed by atoms with Crippen molar-refractivity contribution in [1.29, 1.82) is 0 Å². The average Bonchev–Trinajstić information content (AvgIpc) is 2.39. The lowest BCUT2D eigenvalue weighted by Gasteiger charge is -2.12. The van der Waals surface area contributed by atoms with Crippen LogP contribution in [0.15, 0.2) is 18.3 Å². The molecule has 1 aromatic heterocycles. The molecule has 1 unspecified atom stereocenters. The van der Waals surface area contributed by atoms with Gasteiger partial charge in [-0.05, 0) is 25.5 Å². The van der Waals surface area contributed by atoms with E-state index in [1.54, 1.807) is 0 Å². The topological polar surface area (TPSA) is 34.1 Å². The molecule has 0 aromatic carbocycles. The highest BCUT2D eigenvalue weighted by Crippen LogP contribution is 2.14. The van der Waals surface area contributed by atoms with Crippen LogP contribution in [0.4, 0.5) is 0 Å². The third kappa shape index (κ3) is 5.50. The van der Waals surface area contributed by atoms with Gasteiger partial charge in [-0.25, -0.2) is 4.98 Å². The van der Waals surface area contributed by atoms with Crippen LogP contribution in [-0.2, 0) is 0 Å². The fraction of sp³-hybridized carbons (Fsp3) is 0.667. The van der Waals surface area contributed by atoms with Crippen molar-refractivity contribution >= 4 is 0 Å². The van der Waals surface area contributed by atoms with Crippen LogP contribution >= 0.6 is 0 Å². The maximum Gasteiger partial charge on any atom is 0.213 e. The van der Waals surface area contributed by atoms with E-state index in [1.807, 2.05) is 12.3 Å². The average molecular weight is 250 g/mol. The van der Waals surface area contributed by atoms with Crippen LogP contribution in [0.3, 0.4) is 0 Å². The molecule has 0 bridgehead atoms. The maximum atomic E-state index is 5.62. The summed E-state index contributed by atoms with van der Waals surface area (Å²) in [6, 6.07) is 4.39. The molecule has 0 aliphatic rings. The van der Waals surface area contributed by atoms with Gasteiger partial charge in [0.1, 0.15) is 0 Å². The number of pyridine rings is 1. The molecule has 18 heavy (non-hydrogen) atoms. The quantitative estimate of drug-likeness (QED) is 0.678. The molecule has 0 radical (unpaired) electrons. The molecular formula is C15H26N2O. The van der Waals surface area contributed by atoms with Gasteiger partial charge in [0.05, 0.1) is 6.61 Å². The van der Waals surface area contributed by atoms with Crippen molar-refractivity contribution in [3.63, 3.8) is 0 Å². The lowest BCUT2D eigenvalue weighted by Crippen LogP contribution is -2.17. The van der Waals surface area contributed by atoms with E-state index < -0.39 is 0 Å². The van der Waals surface area contributed by atoms with Gasteiger partial charge in [0, 0.05) is 18.3 Å². The van der Waals surface area contributed by atoms with Gasteiger partial charge in [0.2, 0.25) is 5.88 Å². The summed E-state index contributed by atoms with van der Waals surface area (Å²) in [6.07, 6.45) is 6.80. The second-order valence-electron chi connectivity index (χ2n) is 4.62. The maximum absolute atomic E-state index is 5.62. The zero-order valence-corrected chi connectivity index (χ0v) is 11.9. The number of hydrogen-bond donors (Lipinski definition) is 1. The fourth-order valence-electron chi connectivity index (χ4n) is 1.86. The van der Waals surface area contributed by atoms with Crippen LogP contribution in [0.25, 0.3) is 0 Å². The molecule has 102 valence electrons. The van der Waals surface area contributed by atoms with E-state index in [0.29, 0.717) is 6.04 Å². The number of nitrogens with zero attached hydrogens (tertiary/aromatic N) is 1. The van der Waals surface area contributed by atoms with Crippen molar-refractivity contribution in [2.45, 2.75) is 52.5 Å². The number of nitrogens with one attached hydrogen (secondary N) is 1. The van der Waals surface area contributed by atoms with E-state index in [9.17, 15) is 0 Å². The second kappa shape index (κ2) is 8.92. The Morgan fingerprint density at radius 3 is 2.67 bits per heavy atom. The molecule has 3 nitrogen and oxygen atoms in total. The summed E-state index contributed by atoms with van der Waals surface area (Å²) in [5.74, 6) is 0.735. The lowest BCUT2D eigenvalue weighted by atomic mass is 10.1. The smallest absolute Gasteiger partial charge is 0.213 e. The van der Waals surface area contributed by atoms with Gasteiger partial charge in [-0.15, -0.1) is 0 Å². The Kier molecular flexibility index (Phi) is 7.42. The third-order valence-corrected chi connectivity index (χ3v) is 3.02. The Labute approximate surface area is 111 Å².